The average molecular weight is 317 g/mol. The molecule has 1 saturated heterocycles. The van der Waals surface area contributed by atoms with Gasteiger partial charge in [-0.15, -0.1) is 0 Å². The minimum absolute atomic E-state index is 0.0346. The number of benzene rings is 1. The van der Waals surface area contributed by atoms with Gasteiger partial charge in [0.25, 0.3) is 0 Å². The van der Waals surface area contributed by atoms with Gasteiger partial charge in [0, 0.05) is 12.6 Å². The molecule has 0 aromatic heterocycles. The van der Waals surface area contributed by atoms with Crippen molar-refractivity contribution in [3.05, 3.63) is 35.9 Å². The molecule has 0 aliphatic carbocycles. The van der Waals surface area contributed by atoms with E-state index in [0.717, 1.165) is 19.4 Å². The molecule has 2 unspecified atom stereocenters. The van der Waals surface area contributed by atoms with E-state index in [1.807, 2.05) is 6.07 Å². The molecule has 0 radical (unpaired) electrons. The van der Waals surface area contributed by atoms with Crippen LogP contribution < -0.4 is 0 Å². The third-order valence-electron chi connectivity index (χ3n) is 4.85. The molecule has 128 valence electrons. The maximum atomic E-state index is 12.2. The van der Waals surface area contributed by atoms with E-state index in [0.29, 0.717) is 6.61 Å². The highest BCUT2D eigenvalue weighted by Crippen LogP contribution is 2.30. The van der Waals surface area contributed by atoms with E-state index in [1.54, 1.807) is 0 Å². The normalized spacial score (nSPS) is 19.1. The quantitative estimate of drug-likeness (QED) is 0.462. The number of carbonyl (C=O) groups is 1. The molecule has 1 aliphatic heterocycles. The predicted molar refractivity (Wildman–Crippen MR) is 94.3 cm³/mol. The van der Waals surface area contributed by atoms with Crippen molar-refractivity contribution < 1.29 is 9.53 Å². The standard InChI is InChI=1S/C20H31NO2/c1-3-4-5-6-7-11-16-23-20(22)19-14-15-21(19)17(2)18-12-9-8-10-13-18/h8-10,12-13,17,19H,3-7,11,14-16H2,1-2H3. The molecule has 0 bridgehead atoms. The van der Waals surface area contributed by atoms with Gasteiger partial charge in [-0.2, -0.15) is 0 Å². The third kappa shape index (κ3) is 5.35. The summed E-state index contributed by atoms with van der Waals surface area (Å²) >= 11 is 0. The summed E-state index contributed by atoms with van der Waals surface area (Å²) in [5, 5.41) is 0. The van der Waals surface area contributed by atoms with Gasteiger partial charge in [-0.3, -0.25) is 9.69 Å². The number of carbonyl (C=O) groups excluding carboxylic acids is 1. The van der Waals surface area contributed by atoms with Crippen molar-refractivity contribution in [1.29, 1.82) is 0 Å². The Kier molecular flexibility index (Phi) is 7.60. The first-order valence-electron chi connectivity index (χ1n) is 9.21. The highest BCUT2D eigenvalue weighted by molar-refractivity contribution is 5.77. The fourth-order valence-electron chi connectivity index (χ4n) is 3.20. The lowest BCUT2D eigenvalue weighted by molar-refractivity contribution is -0.157. The van der Waals surface area contributed by atoms with E-state index in [2.05, 4.69) is 43.0 Å². The van der Waals surface area contributed by atoms with Crippen LogP contribution in [-0.4, -0.2) is 30.1 Å². The van der Waals surface area contributed by atoms with Crippen molar-refractivity contribution in [3.8, 4) is 0 Å². The van der Waals surface area contributed by atoms with E-state index < -0.39 is 0 Å². The van der Waals surface area contributed by atoms with Crippen molar-refractivity contribution in [2.24, 2.45) is 0 Å². The average Bonchev–Trinajstić information content (AvgIpc) is 2.53. The van der Waals surface area contributed by atoms with Gasteiger partial charge in [0.2, 0.25) is 0 Å². The fraction of sp³-hybridized carbons (Fsp3) is 0.650. The van der Waals surface area contributed by atoms with E-state index in [4.69, 9.17) is 4.74 Å². The number of nitrogens with zero attached hydrogens (tertiary/aromatic N) is 1. The van der Waals surface area contributed by atoms with Crippen LogP contribution in [0.5, 0.6) is 0 Å². The zero-order valence-corrected chi connectivity index (χ0v) is 14.7. The van der Waals surface area contributed by atoms with E-state index in [-0.39, 0.29) is 18.1 Å². The third-order valence-corrected chi connectivity index (χ3v) is 4.85. The van der Waals surface area contributed by atoms with Crippen molar-refractivity contribution in [2.45, 2.75) is 70.9 Å². The zero-order chi connectivity index (χ0) is 16.5. The highest BCUT2D eigenvalue weighted by Gasteiger charge is 2.38. The monoisotopic (exact) mass is 317 g/mol. The number of hydrogen-bond acceptors (Lipinski definition) is 3. The molecule has 1 aliphatic rings. The topological polar surface area (TPSA) is 29.5 Å². The summed E-state index contributed by atoms with van der Waals surface area (Å²) in [5.74, 6) is -0.0346. The van der Waals surface area contributed by atoms with E-state index >= 15 is 0 Å². The minimum atomic E-state index is -0.0507. The lowest BCUT2D eigenvalue weighted by Gasteiger charge is -2.43. The highest BCUT2D eigenvalue weighted by atomic mass is 16.5. The van der Waals surface area contributed by atoms with Crippen molar-refractivity contribution >= 4 is 5.97 Å². The van der Waals surface area contributed by atoms with E-state index in [1.165, 1.54) is 37.7 Å². The summed E-state index contributed by atoms with van der Waals surface area (Å²) in [6, 6.07) is 10.6. The molecule has 0 amide bonds. The summed E-state index contributed by atoms with van der Waals surface area (Å²) in [6.45, 7) is 5.95. The van der Waals surface area contributed by atoms with Gasteiger partial charge in [-0.1, -0.05) is 69.4 Å². The second-order valence-corrected chi connectivity index (χ2v) is 6.56. The Morgan fingerprint density at radius 1 is 1.17 bits per heavy atom. The Bertz CT molecular complexity index is 460. The number of ether oxygens (including phenoxy) is 1. The Balaban J connectivity index is 1.67. The van der Waals surface area contributed by atoms with Crippen molar-refractivity contribution in [2.75, 3.05) is 13.2 Å². The second-order valence-electron chi connectivity index (χ2n) is 6.56. The summed E-state index contributed by atoms with van der Waals surface area (Å²) in [5.41, 5.74) is 1.26. The van der Waals surface area contributed by atoms with E-state index in [9.17, 15) is 4.79 Å². The van der Waals surface area contributed by atoms with Crippen LogP contribution in [0.25, 0.3) is 0 Å². The number of likely N-dealkylation sites (tertiary alicyclic amines) is 1. The molecular weight excluding hydrogens is 286 g/mol. The summed E-state index contributed by atoms with van der Waals surface area (Å²) < 4.78 is 5.49. The molecule has 1 aromatic rings. The van der Waals surface area contributed by atoms with Gasteiger partial charge in [0.05, 0.1) is 6.61 Å². The van der Waals surface area contributed by atoms with Crippen molar-refractivity contribution in [1.82, 2.24) is 4.90 Å². The molecule has 0 N–H and O–H groups in total. The van der Waals surface area contributed by atoms with Crippen LogP contribution in [0.1, 0.15) is 70.4 Å². The van der Waals surface area contributed by atoms with Crippen LogP contribution in [0.2, 0.25) is 0 Å². The number of unbranched alkanes of at least 4 members (excludes halogenated alkanes) is 5. The molecule has 2 atom stereocenters. The number of hydrogen-bond donors (Lipinski definition) is 0. The van der Waals surface area contributed by atoms with Gasteiger partial charge in [0.1, 0.15) is 6.04 Å². The van der Waals surface area contributed by atoms with Gasteiger partial charge < -0.3 is 4.74 Å². The fourth-order valence-corrected chi connectivity index (χ4v) is 3.20. The zero-order valence-electron chi connectivity index (χ0n) is 14.7. The maximum absolute atomic E-state index is 12.2. The second kappa shape index (κ2) is 9.71. The van der Waals surface area contributed by atoms with Gasteiger partial charge >= 0.3 is 5.97 Å². The number of esters is 1. The number of rotatable bonds is 10. The Morgan fingerprint density at radius 2 is 1.87 bits per heavy atom. The first-order chi connectivity index (χ1) is 11.2. The van der Waals surface area contributed by atoms with Crippen LogP contribution in [-0.2, 0) is 9.53 Å². The van der Waals surface area contributed by atoms with Crippen LogP contribution in [0.3, 0.4) is 0 Å². The first-order valence-corrected chi connectivity index (χ1v) is 9.21. The lowest BCUT2D eigenvalue weighted by atomic mass is 9.96. The molecule has 3 nitrogen and oxygen atoms in total. The molecular formula is C20H31NO2. The molecule has 1 fully saturated rings. The Labute approximate surface area is 141 Å². The molecule has 0 saturated carbocycles. The van der Waals surface area contributed by atoms with Crippen molar-refractivity contribution in [3.63, 3.8) is 0 Å². The first kappa shape index (κ1) is 18.0. The molecule has 1 heterocycles. The lowest BCUT2D eigenvalue weighted by Crippen LogP contribution is -2.53. The Morgan fingerprint density at radius 3 is 2.52 bits per heavy atom. The smallest absolute Gasteiger partial charge is 0.323 e. The largest absolute Gasteiger partial charge is 0.465 e. The molecule has 0 spiro atoms. The summed E-state index contributed by atoms with van der Waals surface area (Å²) in [7, 11) is 0. The van der Waals surface area contributed by atoms with Gasteiger partial charge in [-0.05, 0) is 25.3 Å². The maximum Gasteiger partial charge on any atom is 0.323 e. The summed E-state index contributed by atoms with van der Waals surface area (Å²) in [6.07, 6.45) is 8.23. The van der Waals surface area contributed by atoms with Crippen LogP contribution >= 0.6 is 0 Å². The van der Waals surface area contributed by atoms with Gasteiger partial charge in [-0.25, -0.2) is 0 Å². The predicted octanol–water partition coefficient (Wildman–Crippen LogP) is 4.73. The molecule has 2 rings (SSSR count). The summed E-state index contributed by atoms with van der Waals surface area (Å²) in [4.78, 5) is 14.5. The minimum Gasteiger partial charge on any atom is -0.465 e. The molecule has 1 aromatic carbocycles. The van der Waals surface area contributed by atoms with Gasteiger partial charge in [0.15, 0.2) is 0 Å². The molecule has 23 heavy (non-hydrogen) atoms. The Hall–Kier alpha value is -1.35. The van der Waals surface area contributed by atoms with Crippen LogP contribution in [0.15, 0.2) is 30.3 Å². The van der Waals surface area contributed by atoms with Crippen LogP contribution in [0, 0.1) is 0 Å². The van der Waals surface area contributed by atoms with Crippen LogP contribution in [0.4, 0.5) is 0 Å². The SMILES string of the molecule is CCCCCCCCOC(=O)C1CCN1C(C)c1ccccc1. The molecule has 3 heteroatoms.